The summed E-state index contributed by atoms with van der Waals surface area (Å²) in [5.74, 6) is 0.0840. The van der Waals surface area contributed by atoms with Crippen LogP contribution in [-0.4, -0.2) is 35.4 Å². The van der Waals surface area contributed by atoms with Crippen molar-refractivity contribution in [3.63, 3.8) is 0 Å². The fourth-order valence-electron chi connectivity index (χ4n) is 1.66. The van der Waals surface area contributed by atoms with Gasteiger partial charge in [-0.3, -0.25) is 14.9 Å². The average molecular weight is 242 g/mol. The quantitative estimate of drug-likeness (QED) is 0.269. The van der Waals surface area contributed by atoms with E-state index in [0.29, 0.717) is 13.0 Å². The van der Waals surface area contributed by atoms with Crippen LogP contribution in [-0.2, 0) is 4.79 Å². The molecule has 17 heavy (non-hydrogen) atoms. The molecule has 0 N–H and O–H groups in total. The van der Waals surface area contributed by atoms with Gasteiger partial charge < -0.3 is 4.90 Å². The van der Waals surface area contributed by atoms with Crippen molar-refractivity contribution in [2.45, 2.75) is 39.7 Å². The van der Waals surface area contributed by atoms with E-state index in [1.807, 2.05) is 32.9 Å². The first kappa shape index (κ1) is 15.6. The fourth-order valence-corrected chi connectivity index (χ4v) is 1.66. The van der Waals surface area contributed by atoms with E-state index in [4.69, 9.17) is 0 Å². The summed E-state index contributed by atoms with van der Waals surface area (Å²) in [6, 6.07) is -0.322. The first-order valence-corrected chi connectivity index (χ1v) is 6.00. The van der Waals surface area contributed by atoms with Gasteiger partial charge in [-0.15, -0.1) is 0 Å². The SMILES string of the molecule is CC/C=C/CCN(C=O)C(C[N+](=O)[O-])C(C)C. The normalized spacial score (nSPS) is 12.9. The van der Waals surface area contributed by atoms with E-state index in [0.717, 1.165) is 12.8 Å². The third-order valence-electron chi connectivity index (χ3n) is 2.62. The molecule has 5 heteroatoms. The van der Waals surface area contributed by atoms with Crippen LogP contribution in [0.5, 0.6) is 0 Å². The molecule has 0 rings (SSSR count). The van der Waals surface area contributed by atoms with Gasteiger partial charge in [0.25, 0.3) is 0 Å². The van der Waals surface area contributed by atoms with E-state index in [1.54, 1.807) is 0 Å². The van der Waals surface area contributed by atoms with Crippen LogP contribution in [0, 0.1) is 16.0 Å². The molecule has 0 aliphatic heterocycles. The molecule has 0 saturated carbocycles. The summed E-state index contributed by atoms with van der Waals surface area (Å²) in [6.07, 6.45) is 6.45. The van der Waals surface area contributed by atoms with Gasteiger partial charge in [-0.05, 0) is 18.8 Å². The number of nitro groups is 1. The second kappa shape index (κ2) is 8.73. The van der Waals surface area contributed by atoms with Crippen molar-refractivity contribution < 1.29 is 9.72 Å². The Balaban J connectivity index is 4.39. The predicted molar refractivity (Wildman–Crippen MR) is 67.3 cm³/mol. The summed E-state index contributed by atoms with van der Waals surface area (Å²) >= 11 is 0. The highest BCUT2D eigenvalue weighted by Crippen LogP contribution is 2.10. The van der Waals surface area contributed by atoms with Crippen molar-refractivity contribution in [3.05, 3.63) is 22.3 Å². The Morgan fingerprint density at radius 3 is 2.41 bits per heavy atom. The minimum absolute atomic E-state index is 0.0840. The lowest BCUT2D eigenvalue weighted by atomic mass is 10.0. The highest BCUT2D eigenvalue weighted by Gasteiger charge is 2.25. The molecule has 0 aromatic rings. The summed E-state index contributed by atoms with van der Waals surface area (Å²) in [5, 5.41) is 10.6. The second-order valence-corrected chi connectivity index (χ2v) is 4.34. The lowest BCUT2D eigenvalue weighted by Crippen LogP contribution is -2.43. The molecule has 0 heterocycles. The summed E-state index contributed by atoms with van der Waals surface area (Å²) in [6.45, 7) is 6.18. The van der Waals surface area contributed by atoms with Gasteiger partial charge in [0.15, 0.2) is 0 Å². The number of hydrogen-bond acceptors (Lipinski definition) is 3. The largest absolute Gasteiger partial charge is 0.335 e. The van der Waals surface area contributed by atoms with Crippen LogP contribution in [0.25, 0.3) is 0 Å². The van der Waals surface area contributed by atoms with Gasteiger partial charge >= 0.3 is 0 Å². The maximum atomic E-state index is 11.0. The minimum Gasteiger partial charge on any atom is -0.335 e. The number of hydrogen-bond donors (Lipinski definition) is 0. The van der Waals surface area contributed by atoms with Crippen molar-refractivity contribution >= 4 is 6.41 Å². The highest BCUT2D eigenvalue weighted by atomic mass is 16.6. The van der Waals surface area contributed by atoms with Crippen LogP contribution in [0.3, 0.4) is 0 Å². The van der Waals surface area contributed by atoms with Crippen molar-refractivity contribution in [1.82, 2.24) is 4.90 Å². The molecule has 1 atom stereocenters. The Morgan fingerprint density at radius 2 is 2.00 bits per heavy atom. The summed E-state index contributed by atoms with van der Waals surface area (Å²) < 4.78 is 0. The van der Waals surface area contributed by atoms with Gasteiger partial charge in [0.1, 0.15) is 0 Å². The van der Waals surface area contributed by atoms with E-state index in [1.165, 1.54) is 4.90 Å². The number of allylic oxidation sites excluding steroid dienone is 1. The van der Waals surface area contributed by atoms with Gasteiger partial charge in [-0.2, -0.15) is 0 Å². The maximum Gasteiger partial charge on any atom is 0.224 e. The molecule has 0 aliphatic rings. The standard InChI is InChI=1S/C12H22N2O3/c1-4-5-6-7-8-13(10-15)12(11(2)3)9-14(16)17/h5-6,10-12H,4,7-9H2,1-3H3/b6-5+. The number of rotatable bonds is 9. The van der Waals surface area contributed by atoms with Crippen LogP contribution < -0.4 is 0 Å². The molecule has 0 aromatic heterocycles. The zero-order valence-electron chi connectivity index (χ0n) is 10.8. The number of carbonyl (C=O) groups excluding carboxylic acids is 1. The molecule has 0 aliphatic carbocycles. The third kappa shape index (κ3) is 6.71. The molecule has 0 bridgehead atoms. The lowest BCUT2D eigenvalue weighted by Gasteiger charge is -2.27. The second-order valence-electron chi connectivity index (χ2n) is 4.34. The molecule has 0 aromatic carbocycles. The van der Waals surface area contributed by atoms with E-state index in [-0.39, 0.29) is 23.4 Å². The molecule has 0 saturated heterocycles. The smallest absolute Gasteiger partial charge is 0.224 e. The monoisotopic (exact) mass is 242 g/mol. The summed E-state index contributed by atoms with van der Waals surface area (Å²) in [4.78, 5) is 22.7. The number of amides is 1. The topological polar surface area (TPSA) is 63.5 Å². The van der Waals surface area contributed by atoms with Crippen LogP contribution in [0.15, 0.2) is 12.2 Å². The summed E-state index contributed by atoms with van der Waals surface area (Å²) in [5.41, 5.74) is 0. The Bertz CT molecular complexity index is 264. The Labute approximate surface area is 103 Å². The van der Waals surface area contributed by atoms with Gasteiger partial charge in [0, 0.05) is 11.5 Å². The molecule has 0 radical (unpaired) electrons. The molecular weight excluding hydrogens is 220 g/mol. The van der Waals surface area contributed by atoms with Crippen LogP contribution in [0.2, 0.25) is 0 Å². The molecule has 1 amide bonds. The van der Waals surface area contributed by atoms with Gasteiger partial charge in [0.2, 0.25) is 13.0 Å². The highest BCUT2D eigenvalue weighted by molar-refractivity contribution is 5.47. The van der Waals surface area contributed by atoms with Crippen molar-refractivity contribution in [3.8, 4) is 0 Å². The maximum absolute atomic E-state index is 11.0. The van der Waals surface area contributed by atoms with E-state index in [9.17, 15) is 14.9 Å². The summed E-state index contributed by atoms with van der Waals surface area (Å²) in [7, 11) is 0. The van der Waals surface area contributed by atoms with Gasteiger partial charge in [0.05, 0.1) is 6.04 Å². The molecular formula is C12H22N2O3. The van der Waals surface area contributed by atoms with Gasteiger partial charge in [-0.1, -0.05) is 32.9 Å². The zero-order valence-corrected chi connectivity index (χ0v) is 10.8. The average Bonchev–Trinajstić information content (AvgIpc) is 2.26. The van der Waals surface area contributed by atoms with Gasteiger partial charge in [-0.25, -0.2) is 0 Å². The first-order chi connectivity index (χ1) is 8.02. The molecule has 98 valence electrons. The Hall–Kier alpha value is -1.39. The Kier molecular flexibility index (Phi) is 8.01. The van der Waals surface area contributed by atoms with Crippen molar-refractivity contribution in [2.24, 2.45) is 5.92 Å². The first-order valence-electron chi connectivity index (χ1n) is 6.00. The number of nitrogens with zero attached hydrogens (tertiary/aromatic N) is 2. The molecule has 0 spiro atoms. The minimum atomic E-state index is -0.358. The van der Waals surface area contributed by atoms with E-state index in [2.05, 4.69) is 0 Å². The lowest BCUT2D eigenvalue weighted by molar-refractivity contribution is -0.487. The fraction of sp³-hybridized carbons (Fsp3) is 0.750. The van der Waals surface area contributed by atoms with Crippen molar-refractivity contribution in [1.29, 1.82) is 0 Å². The zero-order chi connectivity index (χ0) is 13.3. The molecule has 5 nitrogen and oxygen atoms in total. The van der Waals surface area contributed by atoms with Crippen LogP contribution >= 0.6 is 0 Å². The van der Waals surface area contributed by atoms with Crippen LogP contribution in [0.4, 0.5) is 0 Å². The third-order valence-corrected chi connectivity index (χ3v) is 2.62. The molecule has 0 fully saturated rings. The number of carbonyl (C=O) groups is 1. The van der Waals surface area contributed by atoms with E-state index >= 15 is 0 Å². The predicted octanol–water partition coefficient (Wildman–Crippen LogP) is 2.10. The van der Waals surface area contributed by atoms with E-state index < -0.39 is 0 Å². The Morgan fingerprint density at radius 1 is 1.35 bits per heavy atom. The van der Waals surface area contributed by atoms with Crippen molar-refractivity contribution in [2.75, 3.05) is 13.1 Å². The molecule has 1 unspecified atom stereocenters. The van der Waals surface area contributed by atoms with Crippen LogP contribution in [0.1, 0.15) is 33.6 Å².